The Hall–Kier alpha value is -1.29. The standard InChI is InChI=1S/C15H22FNO2/c1-18-13-8-11(12(16)9-14(13)19-2)15(17)10-6-4-3-5-7-10/h8-10,15H,3-7,17H2,1-2H3/t15-/m0/s1. The van der Waals surface area contributed by atoms with Crippen molar-refractivity contribution in [2.45, 2.75) is 38.1 Å². The van der Waals surface area contributed by atoms with Crippen molar-refractivity contribution in [3.8, 4) is 11.5 Å². The summed E-state index contributed by atoms with van der Waals surface area (Å²) in [5.74, 6) is 0.988. The second-order valence-corrected chi connectivity index (χ2v) is 5.15. The summed E-state index contributed by atoms with van der Waals surface area (Å²) >= 11 is 0. The van der Waals surface area contributed by atoms with Crippen molar-refractivity contribution in [1.29, 1.82) is 0 Å². The topological polar surface area (TPSA) is 44.5 Å². The van der Waals surface area contributed by atoms with Crippen LogP contribution in [0.3, 0.4) is 0 Å². The molecule has 0 bridgehead atoms. The van der Waals surface area contributed by atoms with Crippen molar-refractivity contribution < 1.29 is 13.9 Å². The van der Waals surface area contributed by atoms with Gasteiger partial charge in [-0.3, -0.25) is 0 Å². The van der Waals surface area contributed by atoms with Crippen molar-refractivity contribution in [2.75, 3.05) is 14.2 Å². The van der Waals surface area contributed by atoms with Gasteiger partial charge in [0.15, 0.2) is 11.5 Å². The molecule has 0 unspecified atom stereocenters. The summed E-state index contributed by atoms with van der Waals surface area (Å²) in [5.41, 5.74) is 6.78. The first-order valence-corrected chi connectivity index (χ1v) is 6.84. The Kier molecular flexibility index (Phi) is 4.64. The van der Waals surface area contributed by atoms with Gasteiger partial charge in [-0.25, -0.2) is 4.39 Å². The summed E-state index contributed by atoms with van der Waals surface area (Å²) in [4.78, 5) is 0. The van der Waals surface area contributed by atoms with Crippen LogP contribution < -0.4 is 15.2 Å². The summed E-state index contributed by atoms with van der Waals surface area (Å²) in [7, 11) is 3.05. The zero-order chi connectivity index (χ0) is 13.8. The van der Waals surface area contributed by atoms with E-state index in [9.17, 15) is 4.39 Å². The van der Waals surface area contributed by atoms with Gasteiger partial charge in [0.1, 0.15) is 5.82 Å². The largest absolute Gasteiger partial charge is 0.493 e. The van der Waals surface area contributed by atoms with E-state index in [1.165, 1.54) is 32.4 Å². The molecule has 0 amide bonds. The minimum Gasteiger partial charge on any atom is -0.493 e. The molecule has 2 N–H and O–H groups in total. The van der Waals surface area contributed by atoms with Gasteiger partial charge < -0.3 is 15.2 Å². The Morgan fingerprint density at radius 1 is 1.11 bits per heavy atom. The first kappa shape index (κ1) is 14.1. The van der Waals surface area contributed by atoms with E-state index in [1.807, 2.05) is 0 Å². The minimum atomic E-state index is -0.310. The molecule has 2 rings (SSSR count). The number of hydrogen-bond acceptors (Lipinski definition) is 3. The highest BCUT2D eigenvalue weighted by atomic mass is 19.1. The van der Waals surface area contributed by atoms with Crippen LogP contribution in [-0.2, 0) is 0 Å². The van der Waals surface area contributed by atoms with E-state index in [0.717, 1.165) is 12.8 Å². The smallest absolute Gasteiger partial charge is 0.163 e. The molecule has 0 aliphatic heterocycles. The van der Waals surface area contributed by atoms with Crippen LogP contribution in [0.1, 0.15) is 43.7 Å². The van der Waals surface area contributed by atoms with E-state index in [2.05, 4.69) is 0 Å². The fraction of sp³-hybridized carbons (Fsp3) is 0.600. The molecule has 4 heteroatoms. The minimum absolute atomic E-state index is 0.264. The van der Waals surface area contributed by atoms with Gasteiger partial charge in [-0.2, -0.15) is 0 Å². The van der Waals surface area contributed by atoms with Crippen LogP contribution in [0.5, 0.6) is 11.5 Å². The molecule has 1 aliphatic carbocycles. The third-order valence-electron chi connectivity index (χ3n) is 4.02. The second-order valence-electron chi connectivity index (χ2n) is 5.15. The number of benzene rings is 1. The first-order chi connectivity index (χ1) is 9.17. The maximum absolute atomic E-state index is 14.1. The number of hydrogen-bond donors (Lipinski definition) is 1. The summed E-state index contributed by atoms with van der Waals surface area (Å²) in [5, 5.41) is 0. The Labute approximate surface area is 113 Å². The van der Waals surface area contributed by atoms with E-state index in [1.54, 1.807) is 13.2 Å². The van der Waals surface area contributed by atoms with E-state index in [4.69, 9.17) is 15.2 Å². The van der Waals surface area contributed by atoms with Crippen molar-refractivity contribution in [1.82, 2.24) is 0 Å². The maximum Gasteiger partial charge on any atom is 0.163 e. The molecule has 3 nitrogen and oxygen atoms in total. The number of methoxy groups -OCH3 is 2. The SMILES string of the molecule is COc1cc(F)c([C@@H](N)C2CCCCC2)cc1OC. The molecular formula is C15H22FNO2. The third kappa shape index (κ3) is 3.00. The Morgan fingerprint density at radius 3 is 2.26 bits per heavy atom. The van der Waals surface area contributed by atoms with E-state index in [0.29, 0.717) is 23.0 Å². The van der Waals surface area contributed by atoms with Crippen LogP contribution >= 0.6 is 0 Å². The molecule has 1 aromatic carbocycles. The molecular weight excluding hydrogens is 245 g/mol. The zero-order valence-electron chi connectivity index (χ0n) is 11.6. The molecule has 1 aromatic rings. The number of rotatable bonds is 4. The highest BCUT2D eigenvalue weighted by Gasteiger charge is 2.25. The second kappa shape index (κ2) is 6.24. The third-order valence-corrected chi connectivity index (χ3v) is 4.02. The van der Waals surface area contributed by atoms with Gasteiger partial charge in [-0.05, 0) is 24.8 Å². The summed E-state index contributed by atoms with van der Waals surface area (Å²) < 4.78 is 24.5. The molecule has 106 valence electrons. The molecule has 1 fully saturated rings. The zero-order valence-corrected chi connectivity index (χ0v) is 11.6. The van der Waals surface area contributed by atoms with Crippen molar-refractivity contribution >= 4 is 0 Å². The predicted octanol–water partition coefficient (Wildman–Crippen LogP) is 3.42. The Morgan fingerprint density at radius 2 is 1.68 bits per heavy atom. The molecule has 0 spiro atoms. The lowest BCUT2D eigenvalue weighted by molar-refractivity contribution is 0.301. The van der Waals surface area contributed by atoms with Gasteiger partial charge in [0.25, 0.3) is 0 Å². The molecule has 0 aromatic heterocycles. The molecule has 0 heterocycles. The van der Waals surface area contributed by atoms with Gasteiger partial charge in [0, 0.05) is 17.7 Å². The quantitative estimate of drug-likeness (QED) is 0.909. The van der Waals surface area contributed by atoms with Crippen LogP contribution in [0.4, 0.5) is 4.39 Å². The van der Waals surface area contributed by atoms with E-state index in [-0.39, 0.29) is 11.9 Å². The lowest BCUT2D eigenvalue weighted by Crippen LogP contribution is -2.24. The maximum atomic E-state index is 14.1. The van der Waals surface area contributed by atoms with E-state index < -0.39 is 0 Å². The van der Waals surface area contributed by atoms with Crippen molar-refractivity contribution in [3.05, 3.63) is 23.5 Å². The van der Waals surface area contributed by atoms with Gasteiger partial charge in [-0.15, -0.1) is 0 Å². The van der Waals surface area contributed by atoms with Crippen LogP contribution in [-0.4, -0.2) is 14.2 Å². The van der Waals surface area contributed by atoms with Crippen molar-refractivity contribution in [2.24, 2.45) is 11.7 Å². The van der Waals surface area contributed by atoms with Crippen molar-refractivity contribution in [3.63, 3.8) is 0 Å². The summed E-state index contributed by atoms with van der Waals surface area (Å²) in [6.07, 6.45) is 5.79. The Bertz CT molecular complexity index is 430. The molecule has 1 atom stereocenters. The van der Waals surface area contributed by atoms with E-state index >= 15 is 0 Å². The first-order valence-electron chi connectivity index (χ1n) is 6.84. The lowest BCUT2D eigenvalue weighted by atomic mass is 9.81. The van der Waals surface area contributed by atoms with Crippen LogP contribution in [0.2, 0.25) is 0 Å². The number of nitrogens with two attached hydrogens (primary N) is 1. The normalized spacial score (nSPS) is 18.1. The van der Waals surface area contributed by atoms with Gasteiger partial charge >= 0.3 is 0 Å². The van der Waals surface area contributed by atoms with Crippen LogP contribution in [0.25, 0.3) is 0 Å². The lowest BCUT2D eigenvalue weighted by Gasteiger charge is -2.28. The molecule has 0 saturated heterocycles. The average molecular weight is 267 g/mol. The van der Waals surface area contributed by atoms with Crippen LogP contribution in [0, 0.1) is 11.7 Å². The fourth-order valence-electron chi connectivity index (χ4n) is 2.87. The summed E-state index contributed by atoms with van der Waals surface area (Å²) in [6, 6.07) is 2.77. The number of ether oxygens (including phenoxy) is 2. The average Bonchev–Trinajstić information content (AvgIpc) is 2.47. The number of halogens is 1. The van der Waals surface area contributed by atoms with Gasteiger partial charge in [0.2, 0.25) is 0 Å². The molecule has 0 radical (unpaired) electrons. The fourth-order valence-corrected chi connectivity index (χ4v) is 2.87. The Balaban J connectivity index is 2.27. The molecule has 1 saturated carbocycles. The highest BCUT2D eigenvalue weighted by Crippen LogP contribution is 2.37. The molecule has 19 heavy (non-hydrogen) atoms. The van der Waals surface area contributed by atoms with Gasteiger partial charge in [-0.1, -0.05) is 19.3 Å². The monoisotopic (exact) mass is 267 g/mol. The highest BCUT2D eigenvalue weighted by molar-refractivity contribution is 5.44. The molecule has 1 aliphatic rings. The summed E-state index contributed by atoms with van der Waals surface area (Å²) in [6.45, 7) is 0. The predicted molar refractivity (Wildman–Crippen MR) is 73.0 cm³/mol. The van der Waals surface area contributed by atoms with Crippen LogP contribution in [0.15, 0.2) is 12.1 Å². The van der Waals surface area contributed by atoms with Gasteiger partial charge in [0.05, 0.1) is 14.2 Å².